The Labute approximate surface area is 128 Å². The predicted molar refractivity (Wildman–Crippen MR) is 82.5 cm³/mol. The van der Waals surface area contributed by atoms with Gasteiger partial charge in [0.05, 0.1) is 23.9 Å². The van der Waals surface area contributed by atoms with Crippen LogP contribution in [0.2, 0.25) is 0 Å². The number of nitrogens with one attached hydrogen (secondary N) is 1. The van der Waals surface area contributed by atoms with Crippen LogP contribution in [0, 0.1) is 12.8 Å². The summed E-state index contributed by atoms with van der Waals surface area (Å²) in [5.74, 6) is 0.904. The number of fused-ring (bicyclic) bond motifs is 3. The highest BCUT2D eigenvalue weighted by molar-refractivity contribution is 5.57. The summed E-state index contributed by atoms with van der Waals surface area (Å²) in [7, 11) is 0. The highest BCUT2D eigenvalue weighted by Gasteiger charge is 2.40. The van der Waals surface area contributed by atoms with Crippen molar-refractivity contribution in [2.75, 3.05) is 18.1 Å². The van der Waals surface area contributed by atoms with E-state index < -0.39 is 0 Å². The molecular weight excluding hydrogens is 280 g/mol. The Kier molecular flexibility index (Phi) is 3.24. The molecule has 0 spiro atoms. The molecule has 1 aromatic carbocycles. The van der Waals surface area contributed by atoms with Crippen molar-refractivity contribution in [3.8, 4) is 0 Å². The standard InChI is InChI=1S/C17H18N2O3/c1-11-7-14-15(17(20)22-11)16-13(10-21-18-16)9-19(14)8-12-5-3-2-4-6-12/h2-7,13,16,18H,8-10H2,1H3/t13-,16+/m0/s1. The second kappa shape index (κ2) is 5.26. The van der Waals surface area contributed by atoms with Crippen molar-refractivity contribution in [2.24, 2.45) is 5.92 Å². The van der Waals surface area contributed by atoms with Crippen molar-refractivity contribution in [1.82, 2.24) is 5.48 Å². The first kappa shape index (κ1) is 13.5. The molecule has 0 amide bonds. The van der Waals surface area contributed by atoms with Gasteiger partial charge in [-0.3, -0.25) is 0 Å². The number of hydrogen-bond donors (Lipinski definition) is 1. The van der Waals surface area contributed by atoms with Gasteiger partial charge in [0.25, 0.3) is 0 Å². The van der Waals surface area contributed by atoms with Crippen LogP contribution in [-0.4, -0.2) is 13.2 Å². The molecule has 114 valence electrons. The largest absolute Gasteiger partial charge is 0.428 e. The van der Waals surface area contributed by atoms with Gasteiger partial charge in [0, 0.05) is 25.1 Å². The molecule has 3 heterocycles. The quantitative estimate of drug-likeness (QED) is 0.921. The lowest BCUT2D eigenvalue weighted by Gasteiger charge is -2.36. The zero-order valence-electron chi connectivity index (χ0n) is 12.4. The van der Waals surface area contributed by atoms with Crippen LogP contribution in [0.15, 0.2) is 45.6 Å². The van der Waals surface area contributed by atoms with Crippen molar-refractivity contribution < 1.29 is 9.25 Å². The highest BCUT2D eigenvalue weighted by Crippen LogP contribution is 2.38. The fourth-order valence-corrected chi connectivity index (χ4v) is 3.38. The third kappa shape index (κ3) is 2.23. The van der Waals surface area contributed by atoms with Crippen molar-refractivity contribution in [1.29, 1.82) is 0 Å². The van der Waals surface area contributed by atoms with E-state index >= 15 is 0 Å². The van der Waals surface area contributed by atoms with Crippen molar-refractivity contribution in [3.63, 3.8) is 0 Å². The SMILES string of the molecule is Cc1cc2c(c(=O)o1)[C@@H]1NOC[C@@H]1CN2Cc1ccccc1. The van der Waals surface area contributed by atoms with E-state index in [1.54, 1.807) is 0 Å². The molecule has 0 bridgehead atoms. The van der Waals surface area contributed by atoms with E-state index in [1.165, 1.54) is 5.56 Å². The number of benzene rings is 1. The lowest BCUT2D eigenvalue weighted by atomic mass is 9.89. The van der Waals surface area contributed by atoms with Gasteiger partial charge in [-0.05, 0) is 12.5 Å². The van der Waals surface area contributed by atoms with E-state index in [0.29, 0.717) is 17.9 Å². The molecule has 2 aromatic rings. The first-order valence-corrected chi connectivity index (χ1v) is 7.53. The van der Waals surface area contributed by atoms with Gasteiger partial charge in [0.15, 0.2) is 0 Å². The van der Waals surface area contributed by atoms with E-state index in [1.807, 2.05) is 31.2 Å². The fourth-order valence-electron chi connectivity index (χ4n) is 3.38. The van der Waals surface area contributed by atoms with Gasteiger partial charge < -0.3 is 14.2 Å². The maximum atomic E-state index is 12.3. The molecule has 1 N–H and O–H groups in total. The van der Waals surface area contributed by atoms with Crippen molar-refractivity contribution in [3.05, 3.63) is 63.7 Å². The van der Waals surface area contributed by atoms with Gasteiger partial charge in [-0.15, -0.1) is 0 Å². The van der Waals surface area contributed by atoms with Gasteiger partial charge in [-0.1, -0.05) is 30.3 Å². The number of anilines is 1. The molecule has 0 saturated carbocycles. The third-order valence-electron chi connectivity index (χ3n) is 4.39. The summed E-state index contributed by atoms with van der Waals surface area (Å²) in [6.07, 6.45) is 0. The summed E-state index contributed by atoms with van der Waals surface area (Å²) in [6, 6.07) is 12.2. The van der Waals surface area contributed by atoms with Crippen LogP contribution in [-0.2, 0) is 11.4 Å². The van der Waals surface area contributed by atoms with Crippen LogP contribution in [0.3, 0.4) is 0 Å². The van der Waals surface area contributed by atoms with E-state index in [4.69, 9.17) is 9.25 Å². The Morgan fingerprint density at radius 3 is 2.95 bits per heavy atom. The Hall–Kier alpha value is -2.11. The number of rotatable bonds is 2. The smallest absolute Gasteiger partial charge is 0.342 e. The van der Waals surface area contributed by atoms with Gasteiger partial charge >= 0.3 is 5.63 Å². The molecule has 5 heteroatoms. The van der Waals surface area contributed by atoms with E-state index in [0.717, 1.165) is 18.8 Å². The van der Waals surface area contributed by atoms with Crippen LogP contribution in [0.5, 0.6) is 0 Å². The average Bonchev–Trinajstić information content (AvgIpc) is 2.96. The summed E-state index contributed by atoms with van der Waals surface area (Å²) in [5, 5.41) is 0. The normalized spacial score (nSPS) is 23.2. The van der Waals surface area contributed by atoms with Crippen LogP contribution in [0.4, 0.5) is 5.69 Å². The van der Waals surface area contributed by atoms with Crippen LogP contribution < -0.4 is 16.0 Å². The van der Waals surface area contributed by atoms with E-state index in [2.05, 4.69) is 22.5 Å². The van der Waals surface area contributed by atoms with Crippen LogP contribution in [0.1, 0.15) is 22.9 Å². The van der Waals surface area contributed by atoms with Crippen LogP contribution in [0.25, 0.3) is 0 Å². The number of hydrogen-bond acceptors (Lipinski definition) is 5. The molecule has 4 rings (SSSR count). The monoisotopic (exact) mass is 298 g/mol. The topological polar surface area (TPSA) is 54.7 Å². The Bertz CT molecular complexity index is 741. The van der Waals surface area contributed by atoms with Gasteiger partial charge in [-0.25, -0.2) is 4.79 Å². The third-order valence-corrected chi connectivity index (χ3v) is 4.39. The molecule has 2 aliphatic heterocycles. The maximum absolute atomic E-state index is 12.3. The van der Waals surface area contributed by atoms with Crippen LogP contribution >= 0.6 is 0 Å². The van der Waals surface area contributed by atoms with Gasteiger partial charge in [-0.2, -0.15) is 5.48 Å². The minimum Gasteiger partial charge on any atom is -0.428 e. The molecule has 22 heavy (non-hydrogen) atoms. The Morgan fingerprint density at radius 1 is 1.32 bits per heavy atom. The Balaban J connectivity index is 1.78. The zero-order valence-corrected chi connectivity index (χ0v) is 12.4. The second-order valence-electron chi connectivity index (χ2n) is 5.98. The fraction of sp³-hybridized carbons (Fsp3) is 0.353. The summed E-state index contributed by atoms with van der Waals surface area (Å²) in [4.78, 5) is 20.0. The molecular formula is C17H18N2O3. The van der Waals surface area contributed by atoms with Gasteiger partial charge in [0.1, 0.15) is 5.76 Å². The predicted octanol–water partition coefficient (Wildman–Crippen LogP) is 2.16. The lowest BCUT2D eigenvalue weighted by Crippen LogP contribution is -2.41. The Morgan fingerprint density at radius 2 is 2.14 bits per heavy atom. The summed E-state index contributed by atoms with van der Waals surface area (Å²) < 4.78 is 5.30. The number of aryl methyl sites for hydroxylation is 1. The van der Waals surface area contributed by atoms with Crippen molar-refractivity contribution >= 4 is 5.69 Å². The number of nitrogens with zero attached hydrogens (tertiary/aromatic N) is 1. The molecule has 0 radical (unpaired) electrons. The minimum atomic E-state index is -0.263. The van der Waals surface area contributed by atoms with Gasteiger partial charge in [0.2, 0.25) is 0 Å². The summed E-state index contributed by atoms with van der Waals surface area (Å²) >= 11 is 0. The summed E-state index contributed by atoms with van der Waals surface area (Å²) in [6.45, 7) is 4.07. The average molecular weight is 298 g/mol. The molecule has 1 saturated heterocycles. The minimum absolute atomic E-state index is 0.0705. The molecule has 0 aliphatic carbocycles. The molecule has 1 fully saturated rings. The molecule has 5 nitrogen and oxygen atoms in total. The highest BCUT2D eigenvalue weighted by atomic mass is 16.7. The second-order valence-corrected chi connectivity index (χ2v) is 5.98. The molecule has 1 aromatic heterocycles. The first-order chi connectivity index (χ1) is 10.7. The van der Waals surface area contributed by atoms with Crippen molar-refractivity contribution in [2.45, 2.75) is 19.5 Å². The summed E-state index contributed by atoms with van der Waals surface area (Å²) in [5.41, 5.74) is 5.58. The maximum Gasteiger partial charge on any atom is 0.342 e. The van der Waals surface area contributed by atoms with E-state index in [9.17, 15) is 4.79 Å². The first-order valence-electron chi connectivity index (χ1n) is 7.53. The van der Waals surface area contributed by atoms with E-state index in [-0.39, 0.29) is 17.6 Å². The zero-order chi connectivity index (χ0) is 15.1. The lowest BCUT2D eigenvalue weighted by molar-refractivity contribution is 0.0863. The molecule has 2 aliphatic rings. The molecule has 0 unspecified atom stereocenters. The molecule has 2 atom stereocenters. The number of hydroxylamine groups is 1.